The fourth-order valence-corrected chi connectivity index (χ4v) is 1.72. The second kappa shape index (κ2) is 4.95. The summed E-state index contributed by atoms with van der Waals surface area (Å²) >= 11 is 0. The summed E-state index contributed by atoms with van der Waals surface area (Å²) < 4.78 is 0. The van der Waals surface area contributed by atoms with Crippen molar-refractivity contribution in [1.82, 2.24) is 10.6 Å². The molecule has 0 unspecified atom stereocenters. The van der Waals surface area contributed by atoms with Gasteiger partial charge in [-0.1, -0.05) is 12.8 Å². The van der Waals surface area contributed by atoms with E-state index in [0.717, 1.165) is 6.42 Å². The van der Waals surface area contributed by atoms with Crippen molar-refractivity contribution in [3.05, 3.63) is 0 Å². The average molecular weight is 226 g/mol. The van der Waals surface area contributed by atoms with E-state index in [-0.39, 0.29) is 17.4 Å². The smallest absolute Gasteiger partial charge is 0.288 e. The molecule has 4 heteroatoms. The number of likely N-dealkylation sites (N-methyl/N-ethyl adjacent to an activating group) is 1. The third-order valence-electron chi connectivity index (χ3n) is 2.64. The van der Waals surface area contributed by atoms with Crippen LogP contribution in [0.5, 0.6) is 0 Å². The topological polar surface area (TPSA) is 58.2 Å². The summed E-state index contributed by atoms with van der Waals surface area (Å²) in [6.45, 7) is 6.01. The van der Waals surface area contributed by atoms with Crippen molar-refractivity contribution in [1.29, 1.82) is 0 Å². The number of Topliss-reactive ketones (excluding diaryl/α,β-unsaturated/α-hetero) is 1. The van der Waals surface area contributed by atoms with Gasteiger partial charge in [0.05, 0.1) is 6.04 Å². The van der Waals surface area contributed by atoms with Crippen LogP contribution in [-0.2, 0) is 9.59 Å². The first-order valence-electron chi connectivity index (χ1n) is 5.87. The molecular weight excluding hydrogens is 204 g/mol. The van der Waals surface area contributed by atoms with Gasteiger partial charge in [0.25, 0.3) is 5.91 Å². The maximum Gasteiger partial charge on any atom is 0.288 e. The Bertz CT molecular complexity index is 277. The highest BCUT2D eigenvalue weighted by Gasteiger charge is 2.33. The van der Waals surface area contributed by atoms with E-state index in [9.17, 15) is 9.59 Å². The van der Waals surface area contributed by atoms with Gasteiger partial charge in [-0.25, -0.2) is 0 Å². The van der Waals surface area contributed by atoms with E-state index in [1.807, 2.05) is 20.8 Å². The zero-order chi connectivity index (χ0) is 12.3. The molecule has 4 nitrogen and oxygen atoms in total. The van der Waals surface area contributed by atoms with Crippen LogP contribution in [0.15, 0.2) is 0 Å². The number of hydrogen-bond donors (Lipinski definition) is 2. The molecule has 1 aliphatic rings. The van der Waals surface area contributed by atoms with E-state index < -0.39 is 5.91 Å². The Kier molecular flexibility index (Phi) is 4.08. The van der Waals surface area contributed by atoms with E-state index in [0.29, 0.717) is 5.92 Å². The Hall–Kier alpha value is -0.900. The standard InChI is InChI=1S/C12H22N2O2/c1-12(2,3)14-9(7-8-5-6-8)10(15)11(16)13-4/h8-9,14H,5-7H2,1-4H3,(H,13,16)/t9-/m0/s1. The zero-order valence-corrected chi connectivity index (χ0v) is 10.6. The lowest BCUT2D eigenvalue weighted by molar-refractivity contribution is -0.139. The molecule has 1 fully saturated rings. The second-order valence-electron chi connectivity index (χ2n) is 5.57. The third-order valence-corrected chi connectivity index (χ3v) is 2.64. The van der Waals surface area contributed by atoms with Crippen LogP contribution in [0.1, 0.15) is 40.0 Å². The van der Waals surface area contributed by atoms with Crippen molar-refractivity contribution < 1.29 is 9.59 Å². The first-order chi connectivity index (χ1) is 7.33. The van der Waals surface area contributed by atoms with Crippen molar-refractivity contribution in [2.24, 2.45) is 5.92 Å². The molecule has 1 rings (SSSR count). The molecule has 92 valence electrons. The van der Waals surface area contributed by atoms with Crippen LogP contribution in [-0.4, -0.2) is 30.3 Å². The minimum atomic E-state index is -0.498. The van der Waals surface area contributed by atoms with Crippen LogP contribution in [0.2, 0.25) is 0 Å². The monoisotopic (exact) mass is 226 g/mol. The van der Waals surface area contributed by atoms with Gasteiger partial charge in [-0.15, -0.1) is 0 Å². The van der Waals surface area contributed by atoms with Crippen LogP contribution in [0, 0.1) is 5.92 Å². The molecule has 1 aliphatic carbocycles. The number of amides is 1. The summed E-state index contributed by atoms with van der Waals surface area (Å²) in [6, 6.07) is -0.340. The second-order valence-corrected chi connectivity index (χ2v) is 5.57. The Labute approximate surface area is 97.2 Å². The van der Waals surface area contributed by atoms with Gasteiger partial charge >= 0.3 is 0 Å². The van der Waals surface area contributed by atoms with Gasteiger partial charge in [-0.3, -0.25) is 9.59 Å². The third kappa shape index (κ3) is 4.31. The molecule has 0 saturated heterocycles. The number of carbonyl (C=O) groups excluding carboxylic acids is 2. The molecule has 2 N–H and O–H groups in total. The molecule has 0 aromatic rings. The lowest BCUT2D eigenvalue weighted by Crippen LogP contribution is -2.51. The summed E-state index contributed by atoms with van der Waals surface area (Å²) in [6.07, 6.45) is 3.15. The average Bonchev–Trinajstić information content (AvgIpc) is 2.96. The molecule has 0 spiro atoms. The van der Waals surface area contributed by atoms with Gasteiger partial charge < -0.3 is 10.6 Å². The Balaban J connectivity index is 2.61. The summed E-state index contributed by atoms with van der Waals surface area (Å²) in [7, 11) is 1.49. The first kappa shape index (κ1) is 13.2. The van der Waals surface area contributed by atoms with E-state index in [4.69, 9.17) is 0 Å². The highest BCUT2D eigenvalue weighted by atomic mass is 16.2. The molecule has 16 heavy (non-hydrogen) atoms. The first-order valence-corrected chi connectivity index (χ1v) is 5.87. The molecule has 1 amide bonds. The molecule has 1 saturated carbocycles. The molecule has 0 aliphatic heterocycles. The Morgan fingerprint density at radius 3 is 2.25 bits per heavy atom. The quantitative estimate of drug-likeness (QED) is 0.684. The number of nitrogens with one attached hydrogen (secondary N) is 2. The SMILES string of the molecule is CNC(=O)C(=O)[C@H](CC1CC1)NC(C)(C)C. The predicted molar refractivity (Wildman–Crippen MR) is 63.1 cm³/mol. The summed E-state index contributed by atoms with van der Waals surface area (Å²) in [5.41, 5.74) is -0.150. The van der Waals surface area contributed by atoms with E-state index in [1.54, 1.807) is 0 Å². The van der Waals surface area contributed by atoms with Gasteiger partial charge in [0.1, 0.15) is 0 Å². The number of rotatable bonds is 5. The predicted octanol–water partition coefficient (Wildman–Crippen LogP) is 0.858. The van der Waals surface area contributed by atoms with E-state index in [2.05, 4.69) is 10.6 Å². The van der Waals surface area contributed by atoms with Crippen molar-refractivity contribution in [3.8, 4) is 0 Å². The van der Waals surface area contributed by atoms with E-state index in [1.165, 1.54) is 19.9 Å². The van der Waals surface area contributed by atoms with Crippen LogP contribution in [0.3, 0.4) is 0 Å². The molecular formula is C12H22N2O2. The lowest BCUT2D eigenvalue weighted by Gasteiger charge is -2.27. The van der Waals surface area contributed by atoms with Crippen molar-refractivity contribution in [2.75, 3.05) is 7.05 Å². The van der Waals surface area contributed by atoms with Crippen LogP contribution in [0.25, 0.3) is 0 Å². The summed E-state index contributed by atoms with van der Waals surface area (Å²) in [5, 5.41) is 5.63. The molecule has 0 aromatic carbocycles. The maximum absolute atomic E-state index is 11.8. The van der Waals surface area contributed by atoms with Crippen LogP contribution < -0.4 is 10.6 Å². The van der Waals surface area contributed by atoms with Gasteiger partial charge in [0, 0.05) is 12.6 Å². The lowest BCUT2D eigenvalue weighted by atomic mass is 10.00. The normalized spacial score (nSPS) is 18.0. The Morgan fingerprint density at radius 1 is 1.31 bits per heavy atom. The summed E-state index contributed by atoms with van der Waals surface area (Å²) in [4.78, 5) is 23.2. The largest absolute Gasteiger partial charge is 0.353 e. The molecule has 0 bridgehead atoms. The minimum absolute atomic E-state index is 0.150. The highest BCUT2D eigenvalue weighted by Crippen LogP contribution is 2.34. The van der Waals surface area contributed by atoms with Gasteiger partial charge in [-0.2, -0.15) is 0 Å². The zero-order valence-electron chi connectivity index (χ0n) is 10.6. The molecule has 0 heterocycles. The van der Waals surface area contributed by atoms with Crippen LogP contribution >= 0.6 is 0 Å². The van der Waals surface area contributed by atoms with Gasteiger partial charge in [-0.05, 0) is 33.1 Å². The molecule has 0 aromatic heterocycles. The van der Waals surface area contributed by atoms with Gasteiger partial charge in [0.2, 0.25) is 5.78 Å². The highest BCUT2D eigenvalue weighted by molar-refractivity contribution is 6.38. The fourth-order valence-electron chi connectivity index (χ4n) is 1.72. The number of hydrogen-bond acceptors (Lipinski definition) is 3. The minimum Gasteiger partial charge on any atom is -0.353 e. The number of carbonyl (C=O) groups is 2. The Morgan fingerprint density at radius 2 is 1.88 bits per heavy atom. The molecule has 1 atom stereocenters. The molecule has 0 radical (unpaired) electrons. The van der Waals surface area contributed by atoms with Crippen LogP contribution in [0.4, 0.5) is 0 Å². The van der Waals surface area contributed by atoms with Crippen molar-refractivity contribution in [2.45, 2.75) is 51.6 Å². The van der Waals surface area contributed by atoms with Crippen molar-refractivity contribution >= 4 is 11.7 Å². The fraction of sp³-hybridized carbons (Fsp3) is 0.833. The summed E-state index contributed by atoms with van der Waals surface area (Å²) in [5.74, 6) is -0.222. The maximum atomic E-state index is 11.8. The van der Waals surface area contributed by atoms with Crippen molar-refractivity contribution in [3.63, 3.8) is 0 Å². The van der Waals surface area contributed by atoms with E-state index >= 15 is 0 Å². The van der Waals surface area contributed by atoms with Gasteiger partial charge in [0.15, 0.2) is 0 Å². The number of ketones is 1.